The third kappa shape index (κ3) is 3.22. The SMILES string of the molecule is COC(=O)C[C@H](N)c1ccc2ccccc2c1.Cl. The lowest BCUT2D eigenvalue weighted by Gasteiger charge is -2.11. The van der Waals surface area contributed by atoms with Gasteiger partial charge in [0.15, 0.2) is 0 Å². The van der Waals surface area contributed by atoms with E-state index < -0.39 is 0 Å². The number of benzene rings is 2. The van der Waals surface area contributed by atoms with E-state index in [1.165, 1.54) is 12.5 Å². The van der Waals surface area contributed by atoms with Gasteiger partial charge in [0.25, 0.3) is 0 Å². The molecule has 0 bridgehead atoms. The largest absolute Gasteiger partial charge is 0.469 e. The molecule has 1 atom stereocenters. The maximum atomic E-state index is 11.2. The van der Waals surface area contributed by atoms with Crippen molar-refractivity contribution in [2.75, 3.05) is 7.11 Å². The van der Waals surface area contributed by atoms with E-state index in [2.05, 4.69) is 4.74 Å². The lowest BCUT2D eigenvalue weighted by atomic mass is 10.0. The summed E-state index contributed by atoms with van der Waals surface area (Å²) in [4.78, 5) is 11.2. The van der Waals surface area contributed by atoms with Crippen molar-refractivity contribution >= 4 is 29.1 Å². The molecule has 2 N–H and O–H groups in total. The average Bonchev–Trinajstić information content (AvgIpc) is 2.38. The van der Waals surface area contributed by atoms with Gasteiger partial charge in [0, 0.05) is 6.04 Å². The molecular weight excluding hydrogens is 250 g/mol. The molecule has 18 heavy (non-hydrogen) atoms. The van der Waals surface area contributed by atoms with Crippen LogP contribution in [0, 0.1) is 0 Å². The number of nitrogens with two attached hydrogens (primary N) is 1. The van der Waals surface area contributed by atoms with Gasteiger partial charge in [0.05, 0.1) is 13.5 Å². The monoisotopic (exact) mass is 265 g/mol. The molecule has 2 aromatic carbocycles. The Morgan fingerprint density at radius 3 is 2.56 bits per heavy atom. The third-order valence-corrected chi connectivity index (χ3v) is 2.82. The van der Waals surface area contributed by atoms with Crippen LogP contribution in [0.25, 0.3) is 10.8 Å². The Morgan fingerprint density at radius 1 is 1.22 bits per heavy atom. The summed E-state index contributed by atoms with van der Waals surface area (Å²) in [6.07, 6.45) is 0.203. The Morgan fingerprint density at radius 2 is 1.89 bits per heavy atom. The Kier molecular flexibility index (Phi) is 5.13. The van der Waals surface area contributed by atoms with Crippen molar-refractivity contribution in [3.05, 3.63) is 48.0 Å². The van der Waals surface area contributed by atoms with Gasteiger partial charge < -0.3 is 10.5 Å². The summed E-state index contributed by atoms with van der Waals surface area (Å²) in [7, 11) is 1.37. The molecule has 0 aliphatic rings. The molecule has 96 valence electrons. The molecule has 0 saturated heterocycles. The van der Waals surface area contributed by atoms with Crippen LogP contribution >= 0.6 is 12.4 Å². The number of hydrogen-bond donors (Lipinski definition) is 1. The number of fused-ring (bicyclic) bond motifs is 1. The first-order valence-corrected chi connectivity index (χ1v) is 5.52. The lowest BCUT2D eigenvalue weighted by molar-refractivity contribution is -0.141. The van der Waals surface area contributed by atoms with Crippen molar-refractivity contribution in [3.63, 3.8) is 0 Å². The van der Waals surface area contributed by atoms with Gasteiger partial charge in [-0.2, -0.15) is 0 Å². The van der Waals surface area contributed by atoms with E-state index in [4.69, 9.17) is 5.73 Å². The zero-order valence-corrected chi connectivity index (χ0v) is 10.9. The summed E-state index contributed by atoms with van der Waals surface area (Å²) < 4.78 is 4.61. The summed E-state index contributed by atoms with van der Waals surface area (Å²) >= 11 is 0. The Hall–Kier alpha value is -1.58. The number of rotatable bonds is 3. The standard InChI is InChI=1S/C14H15NO2.ClH/c1-17-14(16)9-13(15)12-7-6-10-4-2-3-5-11(10)8-12;/h2-8,13H,9,15H2,1H3;1H/t13-;/m0./s1. The summed E-state index contributed by atoms with van der Waals surface area (Å²) in [5, 5.41) is 2.30. The minimum atomic E-state index is -0.313. The summed E-state index contributed by atoms with van der Waals surface area (Å²) in [5.74, 6) is -0.286. The van der Waals surface area contributed by atoms with Crippen LogP contribution in [-0.4, -0.2) is 13.1 Å². The van der Waals surface area contributed by atoms with E-state index >= 15 is 0 Å². The lowest BCUT2D eigenvalue weighted by Crippen LogP contribution is -2.16. The molecule has 2 rings (SSSR count). The highest BCUT2D eigenvalue weighted by Crippen LogP contribution is 2.21. The van der Waals surface area contributed by atoms with Gasteiger partial charge in [-0.1, -0.05) is 36.4 Å². The molecule has 0 aliphatic heterocycles. The molecule has 0 amide bonds. The van der Waals surface area contributed by atoms with Crippen LogP contribution < -0.4 is 5.73 Å². The Bertz CT molecular complexity index is 542. The molecule has 4 heteroatoms. The van der Waals surface area contributed by atoms with E-state index in [0.29, 0.717) is 0 Å². The molecule has 0 radical (unpaired) electrons. The van der Waals surface area contributed by atoms with Crippen LogP contribution in [0.15, 0.2) is 42.5 Å². The van der Waals surface area contributed by atoms with Crippen LogP contribution in [0.4, 0.5) is 0 Å². The minimum Gasteiger partial charge on any atom is -0.469 e. The zero-order valence-electron chi connectivity index (χ0n) is 10.1. The first kappa shape index (κ1) is 14.5. The fraction of sp³-hybridized carbons (Fsp3) is 0.214. The molecule has 0 aliphatic carbocycles. The normalized spacial score (nSPS) is 11.7. The minimum absolute atomic E-state index is 0. The van der Waals surface area contributed by atoms with E-state index in [-0.39, 0.29) is 30.8 Å². The molecule has 0 fully saturated rings. The second-order valence-electron chi connectivity index (χ2n) is 3.99. The molecular formula is C14H16ClNO2. The highest BCUT2D eigenvalue weighted by Gasteiger charge is 2.11. The quantitative estimate of drug-likeness (QED) is 0.869. The number of hydrogen-bond acceptors (Lipinski definition) is 3. The van der Waals surface area contributed by atoms with E-state index in [9.17, 15) is 4.79 Å². The highest BCUT2D eigenvalue weighted by molar-refractivity contribution is 5.85. The maximum absolute atomic E-state index is 11.2. The number of carbonyl (C=O) groups excluding carboxylic acids is 1. The topological polar surface area (TPSA) is 52.3 Å². The summed E-state index contributed by atoms with van der Waals surface area (Å²) in [6, 6.07) is 13.7. The van der Waals surface area contributed by atoms with Gasteiger partial charge >= 0.3 is 5.97 Å². The van der Waals surface area contributed by atoms with Crippen LogP contribution in [0.5, 0.6) is 0 Å². The van der Waals surface area contributed by atoms with Gasteiger partial charge in [-0.05, 0) is 22.4 Å². The van der Waals surface area contributed by atoms with Gasteiger partial charge in [0.2, 0.25) is 0 Å². The Labute approximate surface area is 112 Å². The van der Waals surface area contributed by atoms with E-state index in [1.54, 1.807) is 0 Å². The van der Waals surface area contributed by atoms with Crippen molar-refractivity contribution in [1.82, 2.24) is 0 Å². The molecule has 0 spiro atoms. The van der Waals surface area contributed by atoms with Crippen molar-refractivity contribution in [2.45, 2.75) is 12.5 Å². The van der Waals surface area contributed by atoms with E-state index in [0.717, 1.165) is 10.9 Å². The highest BCUT2D eigenvalue weighted by atomic mass is 35.5. The second-order valence-corrected chi connectivity index (χ2v) is 3.99. The molecule has 0 saturated carbocycles. The third-order valence-electron chi connectivity index (χ3n) is 2.82. The Balaban J connectivity index is 0.00000162. The zero-order chi connectivity index (χ0) is 12.3. The molecule has 0 unspecified atom stereocenters. The fourth-order valence-electron chi connectivity index (χ4n) is 1.82. The number of esters is 1. The maximum Gasteiger partial charge on any atom is 0.307 e. The van der Waals surface area contributed by atoms with Crippen molar-refractivity contribution in [1.29, 1.82) is 0 Å². The second kappa shape index (κ2) is 6.38. The predicted octanol–water partition coefficient (Wildman–Crippen LogP) is 2.82. The van der Waals surface area contributed by atoms with E-state index in [1.807, 2.05) is 42.5 Å². The summed E-state index contributed by atoms with van der Waals surface area (Å²) in [6.45, 7) is 0. The molecule has 2 aromatic rings. The van der Waals surface area contributed by atoms with Gasteiger partial charge in [-0.3, -0.25) is 4.79 Å². The van der Waals surface area contributed by atoms with Crippen LogP contribution in [0.3, 0.4) is 0 Å². The van der Waals surface area contributed by atoms with Crippen LogP contribution in [-0.2, 0) is 9.53 Å². The molecule has 3 nitrogen and oxygen atoms in total. The smallest absolute Gasteiger partial charge is 0.307 e. The molecule has 0 aromatic heterocycles. The first-order valence-electron chi connectivity index (χ1n) is 5.52. The fourth-order valence-corrected chi connectivity index (χ4v) is 1.82. The number of carbonyl (C=O) groups is 1. The van der Waals surface area contributed by atoms with Crippen molar-refractivity contribution < 1.29 is 9.53 Å². The van der Waals surface area contributed by atoms with Gasteiger partial charge in [-0.25, -0.2) is 0 Å². The first-order chi connectivity index (χ1) is 8.20. The number of halogens is 1. The van der Waals surface area contributed by atoms with Crippen molar-refractivity contribution in [3.8, 4) is 0 Å². The van der Waals surface area contributed by atoms with Gasteiger partial charge in [-0.15, -0.1) is 12.4 Å². The van der Waals surface area contributed by atoms with Crippen molar-refractivity contribution in [2.24, 2.45) is 5.73 Å². The van der Waals surface area contributed by atoms with Crippen LogP contribution in [0.1, 0.15) is 18.0 Å². The summed E-state index contributed by atoms with van der Waals surface area (Å²) in [5.41, 5.74) is 6.91. The van der Waals surface area contributed by atoms with Crippen LogP contribution in [0.2, 0.25) is 0 Å². The average molecular weight is 266 g/mol. The predicted molar refractivity (Wildman–Crippen MR) is 74.8 cm³/mol. The number of ether oxygens (including phenoxy) is 1. The van der Waals surface area contributed by atoms with Gasteiger partial charge in [0.1, 0.15) is 0 Å². The number of methoxy groups -OCH3 is 1. The molecule has 0 heterocycles.